The minimum atomic E-state index is -1.01. The van der Waals surface area contributed by atoms with Gasteiger partial charge in [0.15, 0.2) is 0 Å². The van der Waals surface area contributed by atoms with Gasteiger partial charge in [0.1, 0.15) is 11.5 Å². The summed E-state index contributed by atoms with van der Waals surface area (Å²) in [6, 6.07) is 6.16. The highest BCUT2D eigenvalue weighted by molar-refractivity contribution is 6.28. The van der Waals surface area contributed by atoms with Crippen LogP contribution in [0.5, 0.6) is 0 Å². The fourth-order valence-electron chi connectivity index (χ4n) is 2.46. The molecule has 3 rings (SSSR count). The van der Waals surface area contributed by atoms with Crippen molar-refractivity contribution in [3.63, 3.8) is 0 Å². The molecular formula is C16H12ClFN2O2. The number of aromatic carboxylic acids is 1. The van der Waals surface area contributed by atoms with E-state index in [0.29, 0.717) is 29.8 Å². The number of pyridine rings is 1. The zero-order valence-corrected chi connectivity index (χ0v) is 12.2. The van der Waals surface area contributed by atoms with Gasteiger partial charge in [-0.05, 0) is 35.7 Å². The van der Waals surface area contributed by atoms with E-state index >= 15 is 0 Å². The van der Waals surface area contributed by atoms with Crippen LogP contribution in [-0.4, -0.2) is 27.7 Å². The number of hydrogen-bond donors (Lipinski definition) is 1. The average molecular weight is 319 g/mol. The molecular weight excluding hydrogens is 307 g/mol. The molecule has 0 spiro atoms. The highest BCUT2D eigenvalue weighted by Crippen LogP contribution is 2.30. The predicted octanol–water partition coefficient (Wildman–Crippen LogP) is 3.38. The van der Waals surface area contributed by atoms with Gasteiger partial charge in [0.05, 0.1) is 10.9 Å². The second-order valence-electron chi connectivity index (χ2n) is 5.10. The average Bonchev–Trinajstić information content (AvgIpc) is 2.47. The first-order chi connectivity index (χ1) is 10.5. The summed E-state index contributed by atoms with van der Waals surface area (Å²) in [5.41, 5.74) is 2.53. The van der Waals surface area contributed by atoms with Crippen LogP contribution in [0.1, 0.15) is 27.2 Å². The first kappa shape index (κ1) is 14.7. The Labute approximate surface area is 131 Å². The van der Waals surface area contributed by atoms with Gasteiger partial charge >= 0.3 is 5.97 Å². The van der Waals surface area contributed by atoms with Crippen LogP contribution >= 0.6 is 11.6 Å². The van der Waals surface area contributed by atoms with E-state index in [9.17, 15) is 9.18 Å². The lowest BCUT2D eigenvalue weighted by Gasteiger charge is -2.15. The molecule has 0 aliphatic carbocycles. The van der Waals surface area contributed by atoms with E-state index in [0.717, 1.165) is 5.56 Å². The summed E-state index contributed by atoms with van der Waals surface area (Å²) in [6.07, 6.45) is 3.84. The lowest BCUT2D eigenvalue weighted by atomic mass is 9.99. The van der Waals surface area contributed by atoms with Crippen LogP contribution in [0, 0.1) is 5.82 Å². The summed E-state index contributed by atoms with van der Waals surface area (Å²) in [4.78, 5) is 19.1. The largest absolute Gasteiger partial charge is 0.478 e. The van der Waals surface area contributed by atoms with Gasteiger partial charge in [-0.15, -0.1) is 11.6 Å². The number of aromatic nitrogens is 1. The maximum absolute atomic E-state index is 14.1. The number of carboxylic acid groups (broad SMARTS) is 1. The monoisotopic (exact) mass is 318 g/mol. The molecule has 0 fully saturated rings. The fraction of sp³-hybridized carbons (Fsp3) is 0.188. The second-order valence-corrected chi connectivity index (χ2v) is 5.66. The van der Waals surface area contributed by atoms with Crippen molar-refractivity contribution >= 4 is 29.5 Å². The van der Waals surface area contributed by atoms with Crippen molar-refractivity contribution in [3.8, 4) is 0 Å². The summed E-state index contributed by atoms with van der Waals surface area (Å²) < 4.78 is 14.1. The maximum atomic E-state index is 14.1. The lowest BCUT2D eigenvalue weighted by molar-refractivity contribution is 0.0696. The summed E-state index contributed by atoms with van der Waals surface area (Å²) in [5, 5.41) is 8.75. The molecule has 0 saturated carbocycles. The molecule has 2 heterocycles. The van der Waals surface area contributed by atoms with Crippen LogP contribution in [0.2, 0.25) is 0 Å². The Morgan fingerprint density at radius 2 is 2.23 bits per heavy atom. The molecule has 0 bridgehead atoms. The van der Waals surface area contributed by atoms with Crippen LogP contribution in [0.4, 0.5) is 10.1 Å². The van der Waals surface area contributed by atoms with Gasteiger partial charge in [0, 0.05) is 24.5 Å². The molecule has 1 aromatic carbocycles. The molecule has 6 heteroatoms. The number of fused-ring (bicyclic) bond motifs is 1. The molecule has 112 valence electrons. The third kappa shape index (κ3) is 2.99. The smallest absolute Gasteiger partial charge is 0.335 e. The van der Waals surface area contributed by atoms with Crippen LogP contribution in [0.15, 0.2) is 35.5 Å². The number of benzene rings is 1. The quantitative estimate of drug-likeness (QED) is 0.882. The van der Waals surface area contributed by atoms with Crippen molar-refractivity contribution in [1.29, 1.82) is 0 Å². The SMILES string of the molecule is O=C(O)c1ccnc(Cc2cc(F)c3c(c2)CC(Cl)C=N3)c1. The van der Waals surface area contributed by atoms with Crippen molar-refractivity contribution in [2.24, 2.45) is 4.99 Å². The topological polar surface area (TPSA) is 62.5 Å². The van der Waals surface area contributed by atoms with Gasteiger partial charge in [-0.1, -0.05) is 6.07 Å². The van der Waals surface area contributed by atoms with E-state index in [1.165, 1.54) is 30.6 Å². The van der Waals surface area contributed by atoms with E-state index in [4.69, 9.17) is 16.7 Å². The molecule has 22 heavy (non-hydrogen) atoms. The Hall–Kier alpha value is -2.27. The van der Waals surface area contributed by atoms with E-state index in [-0.39, 0.29) is 10.9 Å². The van der Waals surface area contributed by atoms with Crippen molar-refractivity contribution in [3.05, 3.63) is 58.7 Å². The summed E-state index contributed by atoms with van der Waals surface area (Å²) >= 11 is 6.02. The normalized spacial score (nSPS) is 16.4. The minimum absolute atomic E-state index is 0.161. The molecule has 0 radical (unpaired) electrons. The van der Waals surface area contributed by atoms with Gasteiger partial charge in [0.2, 0.25) is 0 Å². The molecule has 0 amide bonds. The molecule has 1 aliphatic rings. The second kappa shape index (κ2) is 5.85. The van der Waals surface area contributed by atoms with Crippen LogP contribution < -0.4 is 0 Å². The molecule has 1 aliphatic heterocycles. The van der Waals surface area contributed by atoms with Gasteiger partial charge in [-0.3, -0.25) is 9.98 Å². The third-order valence-corrected chi connectivity index (χ3v) is 3.70. The van der Waals surface area contributed by atoms with Gasteiger partial charge in [-0.25, -0.2) is 9.18 Å². The lowest BCUT2D eigenvalue weighted by Crippen LogP contribution is -2.10. The maximum Gasteiger partial charge on any atom is 0.335 e. The van der Waals surface area contributed by atoms with Crippen LogP contribution in [-0.2, 0) is 12.8 Å². The molecule has 1 N–H and O–H groups in total. The van der Waals surface area contributed by atoms with Crippen molar-refractivity contribution in [2.45, 2.75) is 18.2 Å². The predicted molar refractivity (Wildman–Crippen MR) is 81.9 cm³/mol. The molecule has 2 aromatic rings. The Balaban J connectivity index is 1.92. The van der Waals surface area contributed by atoms with Crippen molar-refractivity contribution in [1.82, 2.24) is 4.98 Å². The zero-order valence-electron chi connectivity index (χ0n) is 11.5. The Bertz CT molecular complexity index is 777. The molecule has 1 atom stereocenters. The Kier molecular flexibility index (Phi) is 3.90. The molecule has 1 aromatic heterocycles. The minimum Gasteiger partial charge on any atom is -0.478 e. The zero-order chi connectivity index (χ0) is 15.7. The van der Waals surface area contributed by atoms with Gasteiger partial charge in [-0.2, -0.15) is 0 Å². The number of hydrogen-bond acceptors (Lipinski definition) is 3. The highest BCUT2D eigenvalue weighted by atomic mass is 35.5. The molecule has 4 nitrogen and oxygen atoms in total. The van der Waals surface area contributed by atoms with Gasteiger partial charge < -0.3 is 5.11 Å². The first-order valence-electron chi connectivity index (χ1n) is 6.70. The molecule has 0 saturated heterocycles. The van der Waals surface area contributed by atoms with Crippen LogP contribution in [0.3, 0.4) is 0 Å². The Morgan fingerprint density at radius 3 is 3.00 bits per heavy atom. The fourth-order valence-corrected chi connectivity index (χ4v) is 2.68. The number of carbonyl (C=O) groups is 1. The van der Waals surface area contributed by atoms with Gasteiger partial charge in [0.25, 0.3) is 0 Å². The summed E-state index contributed by atoms with van der Waals surface area (Å²) in [6.45, 7) is 0. The van der Waals surface area contributed by atoms with E-state index < -0.39 is 11.8 Å². The van der Waals surface area contributed by atoms with E-state index in [1.54, 1.807) is 0 Å². The summed E-state index contributed by atoms with van der Waals surface area (Å²) in [7, 11) is 0. The number of aliphatic imine (C=N–C) groups is 1. The first-order valence-corrected chi connectivity index (χ1v) is 7.14. The number of halogens is 2. The summed E-state index contributed by atoms with van der Waals surface area (Å²) in [5.74, 6) is -1.42. The Morgan fingerprint density at radius 1 is 1.41 bits per heavy atom. The third-order valence-electron chi connectivity index (χ3n) is 3.43. The number of rotatable bonds is 3. The number of alkyl halides is 1. The molecule has 1 unspecified atom stereocenters. The van der Waals surface area contributed by atoms with Crippen molar-refractivity contribution in [2.75, 3.05) is 0 Å². The van der Waals surface area contributed by atoms with Crippen molar-refractivity contribution < 1.29 is 14.3 Å². The number of carboxylic acids is 1. The standard InChI is InChI=1S/C16H12ClFN2O2/c17-12-6-11-3-9(5-14(18)15(11)20-8-12)4-13-7-10(16(21)22)1-2-19-13/h1-3,5,7-8,12H,4,6H2,(H,21,22). The van der Waals surface area contributed by atoms with Crippen LogP contribution in [0.25, 0.3) is 0 Å². The highest BCUT2D eigenvalue weighted by Gasteiger charge is 2.17. The number of nitrogens with zero attached hydrogens (tertiary/aromatic N) is 2. The van der Waals surface area contributed by atoms with E-state index in [1.807, 2.05) is 6.07 Å². The van der Waals surface area contributed by atoms with E-state index in [2.05, 4.69) is 9.98 Å².